The Balaban J connectivity index is 1.86. The number of rotatable bonds is 2. The Morgan fingerprint density at radius 3 is 2.53 bits per heavy atom. The maximum absolute atomic E-state index is 13.6. The zero-order chi connectivity index (χ0) is 22.6. The van der Waals surface area contributed by atoms with E-state index in [1.807, 2.05) is 30.3 Å². The van der Waals surface area contributed by atoms with E-state index < -0.39 is 0 Å². The number of fused-ring (bicyclic) bond motifs is 2. The maximum Gasteiger partial charge on any atom is 0.266 e. The Labute approximate surface area is 207 Å². The third kappa shape index (κ3) is 3.43. The predicted molar refractivity (Wildman–Crippen MR) is 138 cm³/mol. The topological polar surface area (TPSA) is 55.2 Å². The summed E-state index contributed by atoms with van der Waals surface area (Å²) in [6.45, 7) is 0. The molecule has 0 bridgehead atoms. The molecule has 1 aromatic heterocycles. The summed E-state index contributed by atoms with van der Waals surface area (Å²) in [6, 6.07) is 17.9. The molecular formula is C24H14Cl2IN3O2. The molecule has 0 aliphatic carbocycles. The molecule has 8 heteroatoms. The molecule has 1 aliphatic rings. The number of halogens is 3. The van der Waals surface area contributed by atoms with Crippen molar-refractivity contribution in [2.45, 2.75) is 0 Å². The second-order valence-corrected chi connectivity index (χ2v) is 9.40. The van der Waals surface area contributed by atoms with E-state index in [0.29, 0.717) is 38.0 Å². The normalized spacial score (nSPS) is 14.4. The minimum absolute atomic E-state index is 0.170. The molecule has 0 atom stereocenters. The molecule has 2 heterocycles. The Morgan fingerprint density at radius 1 is 0.969 bits per heavy atom. The molecule has 5 rings (SSSR count). The summed E-state index contributed by atoms with van der Waals surface area (Å²) in [7, 11) is 1.72. The number of nitrogens with zero attached hydrogens (tertiary/aromatic N) is 3. The van der Waals surface area contributed by atoms with Crippen molar-refractivity contribution in [3.8, 4) is 5.69 Å². The minimum atomic E-state index is -0.281. The van der Waals surface area contributed by atoms with E-state index in [2.05, 4.69) is 22.6 Å². The van der Waals surface area contributed by atoms with Gasteiger partial charge in [-0.05, 0) is 71.1 Å². The lowest BCUT2D eigenvalue weighted by Crippen LogP contribution is -2.24. The number of likely N-dealkylation sites (N-methyl/N-ethyl adjacent to an activating group) is 1. The van der Waals surface area contributed by atoms with Crippen molar-refractivity contribution in [2.75, 3.05) is 11.9 Å². The second-order valence-electron chi connectivity index (χ2n) is 7.31. The van der Waals surface area contributed by atoms with Crippen LogP contribution in [0.2, 0.25) is 10.0 Å². The van der Waals surface area contributed by atoms with Gasteiger partial charge in [0.2, 0.25) is 0 Å². The number of hydrogen-bond donors (Lipinski definition) is 0. The van der Waals surface area contributed by atoms with Gasteiger partial charge in [-0.2, -0.15) is 0 Å². The van der Waals surface area contributed by atoms with Crippen LogP contribution in [-0.4, -0.2) is 22.5 Å². The van der Waals surface area contributed by atoms with Crippen LogP contribution < -0.4 is 10.5 Å². The predicted octanol–water partition coefficient (Wildman–Crippen LogP) is 5.81. The van der Waals surface area contributed by atoms with Gasteiger partial charge < -0.3 is 4.90 Å². The highest BCUT2D eigenvalue weighted by atomic mass is 127. The van der Waals surface area contributed by atoms with Gasteiger partial charge in [-0.1, -0.05) is 41.4 Å². The summed E-state index contributed by atoms with van der Waals surface area (Å²) in [6.07, 6.45) is 1.65. The monoisotopic (exact) mass is 573 g/mol. The molecular weight excluding hydrogens is 560 g/mol. The maximum atomic E-state index is 13.6. The number of aromatic nitrogens is 2. The van der Waals surface area contributed by atoms with Gasteiger partial charge in [-0.15, -0.1) is 0 Å². The molecule has 4 aromatic rings. The van der Waals surface area contributed by atoms with Crippen LogP contribution in [0.5, 0.6) is 0 Å². The molecule has 158 valence electrons. The fourth-order valence-corrected chi connectivity index (χ4v) is 4.82. The van der Waals surface area contributed by atoms with Crippen molar-refractivity contribution in [1.29, 1.82) is 0 Å². The summed E-state index contributed by atoms with van der Waals surface area (Å²) >= 11 is 14.7. The van der Waals surface area contributed by atoms with Crippen LogP contribution in [0.15, 0.2) is 65.5 Å². The van der Waals surface area contributed by atoms with Gasteiger partial charge in [0.1, 0.15) is 5.82 Å². The first-order chi connectivity index (χ1) is 15.3. The van der Waals surface area contributed by atoms with Crippen molar-refractivity contribution >= 4 is 79.9 Å². The highest BCUT2D eigenvalue weighted by Gasteiger charge is 2.30. The number of anilines is 1. The second kappa shape index (κ2) is 8.03. The molecule has 0 saturated carbocycles. The fraction of sp³-hybridized carbons (Fsp3) is 0.0417. The van der Waals surface area contributed by atoms with Gasteiger partial charge in [-0.25, -0.2) is 4.98 Å². The van der Waals surface area contributed by atoms with Crippen molar-refractivity contribution < 1.29 is 4.79 Å². The molecule has 1 aliphatic heterocycles. The van der Waals surface area contributed by atoms with Crippen LogP contribution in [0.25, 0.3) is 28.2 Å². The Morgan fingerprint density at radius 2 is 1.75 bits per heavy atom. The number of benzene rings is 3. The summed E-state index contributed by atoms with van der Waals surface area (Å²) < 4.78 is 2.34. The molecule has 0 saturated heterocycles. The van der Waals surface area contributed by atoms with E-state index in [4.69, 9.17) is 28.2 Å². The molecule has 0 fully saturated rings. The van der Waals surface area contributed by atoms with Gasteiger partial charge in [-0.3, -0.25) is 14.2 Å². The van der Waals surface area contributed by atoms with E-state index in [1.54, 1.807) is 48.4 Å². The Bertz CT molecular complexity index is 1530. The Hall–Kier alpha value is -2.68. The van der Waals surface area contributed by atoms with Crippen molar-refractivity contribution in [3.05, 3.63) is 96.0 Å². The van der Waals surface area contributed by atoms with Gasteiger partial charge in [0.15, 0.2) is 0 Å². The molecule has 5 nitrogen and oxygen atoms in total. The lowest BCUT2D eigenvalue weighted by atomic mass is 10.1. The van der Waals surface area contributed by atoms with Gasteiger partial charge in [0, 0.05) is 21.2 Å². The SMILES string of the molecule is CN1C(=O)/C(=C/c2nc3ccc(I)cc3c(=O)n2-c2ccc(Cl)cc2Cl)c2ccccc21. The molecule has 0 spiro atoms. The number of amides is 1. The first-order valence-electron chi connectivity index (χ1n) is 9.62. The molecule has 32 heavy (non-hydrogen) atoms. The number of carbonyl (C=O) groups excluding carboxylic acids is 1. The zero-order valence-electron chi connectivity index (χ0n) is 16.6. The van der Waals surface area contributed by atoms with Crippen LogP contribution in [-0.2, 0) is 4.79 Å². The quantitative estimate of drug-likeness (QED) is 0.224. The smallest absolute Gasteiger partial charge is 0.266 e. The van der Waals surface area contributed by atoms with Gasteiger partial charge >= 0.3 is 0 Å². The van der Waals surface area contributed by atoms with E-state index in [1.165, 1.54) is 4.57 Å². The largest absolute Gasteiger partial charge is 0.311 e. The minimum Gasteiger partial charge on any atom is -0.311 e. The van der Waals surface area contributed by atoms with Crippen LogP contribution in [0.4, 0.5) is 5.69 Å². The third-order valence-corrected chi connectivity index (χ3v) is 6.58. The highest BCUT2D eigenvalue weighted by molar-refractivity contribution is 14.1. The van der Waals surface area contributed by atoms with Crippen LogP contribution in [0.3, 0.4) is 0 Å². The lowest BCUT2D eigenvalue weighted by molar-refractivity contribution is -0.112. The van der Waals surface area contributed by atoms with Gasteiger partial charge in [0.05, 0.1) is 32.9 Å². The number of para-hydroxylation sites is 1. The Kier molecular flexibility index (Phi) is 5.31. The molecule has 3 aromatic carbocycles. The first-order valence-corrected chi connectivity index (χ1v) is 11.5. The number of hydrogen-bond acceptors (Lipinski definition) is 3. The van der Waals surface area contributed by atoms with E-state index in [9.17, 15) is 9.59 Å². The van der Waals surface area contributed by atoms with Crippen LogP contribution in [0.1, 0.15) is 11.4 Å². The first kappa shape index (κ1) is 21.2. The average molecular weight is 574 g/mol. The van der Waals surface area contributed by atoms with Crippen LogP contribution >= 0.6 is 45.8 Å². The van der Waals surface area contributed by atoms with Gasteiger partial charge in [0.25, 0.3) is 11.5 Å². The van der Waals surface area contributed by atoms with E-state index >= 15 is 0 Å². The van der Waals surface area contributed by atoms with E-state index in [-0.39, 0.29) is 11.5 Å². The van der Waals surface area contributed by atoms with Crippen molar-refractivity contribution in [2.24, 2.45) is 0 Å². The molecule has 0 unspecified atom stereocenters. The third-order valence-electron chi connectivity index (χ3n) is 5.37. The highest BCUT2D eigenvalue weighted by Crippen LogP contribution is 2.36. The van der Waals surface area contributed by atoms with Crippen molar-refractivity contribution in [3.63, 3.8) is 0 Å². The average Bonchev–Trinajstić information content (AvgIpc) is 3.01. The molecule has 1 amide bonds. The number of carbonyl (C=O) groups is 1. The van der Waals surface area contributed by atoms with Crippen molar-refractivity contribution in [1.82, 2.24) is 9.55 Å². The molecule has 0 radical (unpaired) electrons. The van der Waals surface area contributed by atoms with Crippen LogP contribution in [0, 0.1) is 3.57 Å². The summed E-state index contributed by atoms with van der Waals surface area (Å²) in [5.74, 6) is 0.137. The standard InChI is InChI=1S/C24H14Cl2IN3O2/c1-29-20-5-3-2-4-15(20)16(23(29)31)12-22-28-19-8-7-14(27)11-17(19)24(32)30(22)21-9-6-13(25)10-18(21)26/h2-12H,1H3/b16-12+. The summed E-state index contributed by atoms with van der Waals surface area (Å²) in [5, 5.41) is 1.22. The zero-order valence-corrected chi connectivity index (χ0v) is 20.3. The lowest BCUT2D eigenvalue weighted by Gasteiger charge is -2.14. The summed E-state index contributed by atoms with van der Waals surface area (Å²) in [4.78, 5) is 32.9. The fourth-order valence-electron chi connectivity index (χ4n) is 3.83. The molecule has 0 N–H and O–H groups in total. The summed E-state index contributed by atoms with van der Waals surface area (Å²) in [5.41, 5.74) is 2.74. The van der Waals surface area contributed by atoms with E-state index in [0.717, 1.165) is 14.8 Å².